The molecule has 7 heteroatoms. The number of aryl methyl sites for hydroxylation is 1. The molecule has 0 N–H and O–H groups in total. The Morgan fingerprint density at radius 3 is 2.31 bits per heavy atom. The van der Waals surface area contributed by atoms with Gasteiger partial charge in [-0.1, -0.05) is 23.3 Å². The Morgan fingerprint density at radius 1 is 0.962 bits per heavy atom. The van der Waals surface area contributed by atoms with Gasteiger partial charge in [-0.2, -0.15) is 0 Å². The van der Waals surface area contributed by atoms with Crippen LogP contribution in [0.4, 0.5) is 0 Å². The van der Waals surface area contributed by atoms with Crippen molar-refractivity contribution in [2.45, 2.75) is 12.8 Å². The zero-order chi connectivity index (χ0) is 18.1. The molecule has 132 valence electrons. The zero-order valence-corrected chi connectivity index (χ0v) is 13.8. The van der Waals surface area contributed by atoms with Gasteiger partial charge in [0.25, 0.3) is 11.8 Å². The van der Waals surface area contributed by atoms with E-state index in [2.05, 4.69) is 0 Å². The van der Waals surface area contributed by atoms with Gasteiger partial charge in [-0.15, -0.1) is 0 Å². The highest BCUT2D eigenvalue weighted by molar-refractivity contribution is 6.20. The van der Waals surface area contributed by atoms with E-state index < -0.39 is 17.8 Å². The minimum atomic E-state index is -0.658. The van der Waals surface area contributed by atoms with Crippen molar-refractivity contribution in [2.75, 3.05) is 13.2 Å². The highest BCUT2D eigenvalue weighted by atomic mass is 16.7. The second-order valence-electron chi connectivity index (χ2n) is 5.89. The van der Waals surface area contributed by atoms with Crippen LogP contribution in [0.15, 0.2) is 42.5 Å². The van der Waals surface area contributed by atoms with Gasteiger partial charge in [-0.3, -0.25) is 9.59 Å². The molecule has 0 atom stereocenters. The molecule has 0 spiro atoms. The fourth-order valence-corrected chi connectivity index (χ4v) is 2.89. The lowest BCUT2D eigenvalue weighted by molar-refractivity contribution is -0.168. The normalized spacial score (nSPS) is 15.0. The Labute approximate surface area is 149 Å². The second-order valence-corrected chi connectivity index (χ2v) is 5.89. The van der Waals surface area contributed by atoms with Crippen molar-refractivity contribution in [3.05, 3.63) is 59.2 Å². The van der Waals surface area contributed by atoms with Crippen LogP contribution >= 0.6 is 0 Å². The molecule has 0 unspecified atom stereocenters. The van der Waals surface area contributed by atoms with Gasteiger partial charge < -0.3 is 14.3 Å². The van der Waals surface area contributed by atoms with Gasteiger partial charge >= 0.3 is 5.97 Å². The van der Waals surface area contributed by atoms with Gasteiger partial charge in [0.05, 0.1) is 17.5 Å². The fraction of sp³-hybridized carbons (Fsp3) is 0.211. The first kappa shape index (κ1) is 16.1. The molecule has 0 radical (unpaired) electrons. The standard InChI is InChI=1S/C19H15NO6/c21-17(8-6-12-5-7-15-16(11-12)25-10-9-24-15)26-20-18(22)13-3-1-2-4-14(13)19(20)23/h1-5,7,11H,6,8-10H2. The number of carbonyl (C=O) groups is 3. The molecule has 2 heterocycles. The number of hydroxylamine groups is 2. The van der Waals surface area contributed by atoms with Gasteiger partial charge in [0.15, 0.2) is 11.5 Å². The summed E-state index contributed by atoms with van der Waals surface area (Å²) in [6, 6.07) is 11.8. The molecule has 0 aromatic heterocycles. The molecule has 2 aromatic carbocycles. The number of fused-ring (bicyclic) bond motifs is 2. The summed E-state index contributed by atoms with van der Waals surface area (Å²) >= 11 is 0. The summed E-state index contributed by atoms with van der Waals surface area (Å²) < 4.78 is 11.0. The summed E-state index contributed by atoms with van der Waals surface area (Å²) in [5.41, 5.74) is 1.34. The third kappa shape index (κ3) is 2.88. The summed E-state index contributed by atoms with van der Waals surface area (Å²) in [4.78, 5) is 41.4. The molecular formula is C19H15NO6. The third-order valence-electron chi connectivity index (χ3n) is 4.17. The minimum Gasteiger partial charge on any atom is -0.486 e. The largest absolute Gasteiger partial charge is 0.486 e. The number of rotatable bonds is 4. The molecule has 0 bridgehead atoms. The van der Waals surface area contributed by atoms with Gasteiger partial charge in [0.2, 0.25) is 0 Å². The van der Waals surface area contributed by atoms with Crippen LogP contribution in [-0.2, 0) is 16.1 Å². The second kappa shape index (κ2) is 6.51. The van der Waals surface area contributed by atoms with Crippen LogP contribution in [0.3, 0.4) is 0 Å². The summed E-state index contributed by atoms with van der Waals surface area (Å²) in [5.74, 6) is -0.595. The highest BCUT2D eigenvalue weighted by Crippen LogP contribution is 2.31. The van der Waals surface area contributed by atoms with Crippen LogP contribution in [0, 0.1) is 0 Å². The summed E-state index contributed by atoms with van der Waals surface area (Å²) in [7, 11) is 0. The average molecular weight is 353 g/mol. The number of benzene rings is 2. The molecule has 0 saturated carbocycles. The number of amides is 2. The molecule has 2 aliphatic rings. The number of hydrogen-bond acceptors (Lipinski definition) is 6. The van der Waals surface area contributed by atoms with Crippen LogP contribution < -0.4 is 9.47 Å². The van der Waals surface area contributed by atoms with Crippen molar-refractivity contribution < 1.29 is 28.7 Å². The predicted molar refractivity (Wildman–Crippen MR) is 88.8 cm³/mol. The molecule has 2 aromatic rings. The van der Waals surface area contributed by atoms with E-state index in [-0.39, 0.29) is 17.5 Å². The van der Waals surface area contributed by atoms with Crippen LogP contribution in [-0.4, -0.2) is 36.1 Å². The smallest absolute Gasteiger partial charge is 0.333 e. The molecule has 4 rings (SSSR count). The Hall–Kier alpha value is -3.35. The van der Waals surface area contributed by atoms with Gasteiger partial charge in [-0.25, -0.2) is 4.79 Å². The highest BCUT2D eigenvalue weighted by Gasteiger charge is 2.38. The van der Waals surface area contributed by atoms with E-state index in [0.717, 1.165) is 5.56 Å². The van der Waals surface area contributed by atoms with Gasteiger partial charge in [-0.05, 0) is 36.2 Å². The number of imide groups is 1. The van der Waals surface area contributed by atoms with E-state index in [0.29, 0.717) is 36.2 Å². The number of hydrogen-bond donors (Lipinski definition) is 0. The first-order chi connectivity index (χ1) is 12.6. The molecule has 0 saturated heterocycles. The average Bonchev–Trinajstić information content (AvgIpc) is 2.91. The fourth-order valence-electron chi connectivity index (χ4n) is 2.89. The first-order valence-electron chi connectivity index (χ1n) is 8.20. The molecule has 26 heavy (non-hydrogen) atoms. The topological polar surface area (TPSA) is 82.1 Å². The van der Waals surface area contributed by atoms with E-state index in [1.54, 1.807) is 18.2 Å². The van der Waals surface area contributed by atoms with E-state index in [4.69, 9.17) is 14.3 Å². The lowest BCUT2D eigenvalue weighted by Gasteiger charge is -2.18. The molecule has 2 aliphatic heterocycles. The van der Waals surface area contributed by atoms with Crippen molar-refractivity contribution in [3.63, 3.8) is 0 Å². The first-order valence-corrected chi connectivity index (χ1v) is 8.20. The van der Waals surface area contributed by atoms with Gasteiger partial charge in [0.1, 0.15) is 13.2 Å². The molecule has 2 amide bonds. The Kier molecular flexibility index (Phi) is 4.04. The van der Waals surface area contributed by atoms with Crippen LogP contribution in [0.2, 0.25) is 0 Å². The van der Waals surface area contributed by atoms with Crippen molar-refractivity contribution >= 4 is 17.8 Å². The molecule has 0 aliphatic carbocycles. The maximum atomic E-state index is 12.2. The van der Waals surface area contributed by atoms with E-state index in [9.17, 15) is 14.4 Å². The van der Waals surface area contributed by atoms with Crippen LogP contribution in [0.25, 0.3) is 0 Å². The van der Waals surface area contributed by atoms with Crippen molar-refractivity contribution in [3.8, 4) is 11.5 Å². The summed E-state index contributed by atoms with van der Waals surface area (Å²) in [6.07, 6.45) is 0.408. The lowest BCUT2D eigenvalue weighted by atomic mass is 10.1. The Morgan fingerprint density at radius 2 is 1.62 bits per heavy atom. The van der Waals surface area contributed by atoms with Gasteiger partial charge in [0, 0.05) is 0 Å². The van der Waals surface area contributed by atoms with Crippen molar-refractivity contribution in [2.24, 2.45) is 0 Å². The molecular weight excluding hydrogens is 338 g/mol. The summed E-state index contributed by atoms with van der Waals surface area (Å²) in [6.45, 7) is 0.997. The van der Waals surface area contributed by atoms with Crippen LogP contribution in [0.5, 0.6) is 11.5 Å². The number of nitrogens with zero attached hydrogens (tertiary/aromatic N) is 1. The van der Waals surface area contributed by atoms with Crippen LogP contribution in [0.1, 0.15) is 32.7 Å². The number of ether oxygens (including phenoxy) is 2. The van der Waals surface area contributed by atoms with Crippen molar-refractivity contribution in [1.82, 2.24) is 5.06 Å². The monoisotopic (exact) mass is 353 g/mol. The minimum absolute atomic E-state index is 0.0209. The third-order valence-corrected chi connectivity index (χ3v) is 4.17. The number of carbonyl (C=O) groups excluding carboxylic acids is 3. The van der Waals surface area contributed by atoms with E-state index in [1.807, 2.05) is 12.1 Å². The summed E-state index contributed by atoms with van der Waals surface area (Å²) in [5, 5.41) is 0.525. The molecule has 0 fully saturated rings. The zero-order valence-electron chi connectivity index (χ0n) is 13.8. The Bertz CT molecular complexity index is 872. The maximum Gasteiger partial charge on any atom is 0.333 e. The van der Waals surface area contributed by atoms with Crippen molar-refractivity contribution in [1.29, 1.82) is 0 Å². The lowest BCUT2D eigenvalue weighted by Crippen LogP contribution is -2.32. The predicted octanol–water partition coefficient (Wildman–Crippen LogP) is 2.14. The molecule has 7 nitrogen and oxygen atoms in total. The Balaban J connectivity index is 1.38. The quantitative estimate of drug-likeness (QED) is 0.784. The maximum absolute atomic E-state index is 12.2. The van der Waals surface area contributed by atoms with E-state index >= 15 is 0 Å². The van der Waals surface area contributed by atoms with E-state index in [1.165, 1.54) is 12.1 Å². The SMILES string of the molecule is O=C(CCc1ccc2c(c1)OCCO2)ON1C(=O)c2ccccc2C1=O.